The van der Waals surface area contributed by atoms with E-state index in [2.05, 4.69) is 5.92 Å². The smallest absolute Gasteiger partial charge is 0.162 e. The fourth-order valence-electron chi connectivity index (χ4n) is 1.21. The summed E-state index contributed by atoms with van der Waals surface area (Å²) >= 11 is 0. The van der Waals surface area contributed by atoms with Crippen LogP contribution >= 0.6 is 0 Å². The largest absolute Gasteiger partial charge is 0.493 e. The fraction of sp³-hybridized carbons (Fsp3) is 0.308. The van der Waals surface area contributed by atoms with Gasteiger partial charge in [-0.2, -0.15) is 5.26 Å². The van der Waals surface area contributed by atoms with Crippen LogP contribution in [-0.4, -0.2) is 13.7 Å². The number of terminal acetylenes is 1. The summed E-state index contributed by atoms with van der Waals surface area (Å²) in [5, 5.41) is 8.73. The lowest BCUT2D eigenvalue weighted by Gasteiger charge is -2.09. The topological polar surface area (TPSA) is 42.2 Å². The molecule has 0 N–H and O–H groups in total. The molecule has 0 bridgehead atoms. The molecule has 1 rings (SSSR count). The molecule has 0 heterocycles. The van der Waals surface area contributed by atoms with Gasteiger partial charge < -0.3 is 9.47 Å². The zero-order valence-corrected chi connectivity index (χ0v) is 9.19. The second-order valence-corrected chi connectivity index (χ2v) is 3.13. The second kappa shape index (κ2) is 6.37. The van der Waals surface area contributed by atoms with Crippen LogP contribution in [-0.2, 0) is 0 Å². The molecule has 0 aliphatic heterocycles. The monoisotopic (exact) mass is 215 g/mol. The number of methoxy groups -OCH3 is 1. The summed E-state index contributed by atoms with van der Waals surface area (Å²) in [5.41, 5.74) is 0.549. The van der Waals surface area contributed by atoms with Gasteiger partial charge in [-0.25, -0.2) is 0 Å². The van der Waals surface area contributed by atoms with E-state index >= 15 is 0 Å². The van der Waals surface area contributed by atoms with Gasteiger partial charge in [0.05, 0.1) is 25.3 Å². The van der Waals surface area contributed by atoms with Crippen molar-refractivity contribution in [2.24, 2.45) is 0 Å². The summed E-state index contributed by atoms with van der Waals surface area (Å²) in [7, 11) is 1.55. The molecule has 0 saturated heterocycles. The Kier molecular flexibility index (Phi) is 4.76. The molecule has 0 fully saturated rings. The molecule has 0 amide bonds. The highest BCUT2D eigenvalue weighted by atomic mass is 16.5. The molecule has 0 radical (unpaired) electrons. The van der Waals surface area contributed by atoms with E-state index in [1.54, 1.807) is 25.3 Å². The van der Waals surface area contributed by atoms with Gasteiger partial charge in [0.15, 0.2) is 11.5 Å². The molecule has 3 heteroatoms. The van der Waals surface area contributed by atoms with Crippen LogP contribution in [0.5, 0.6) is 11.5 Å². The Labute approximate surface area is 95.6 Å². The number of hydrogen-bond acceptors (Lipinski definition) is 3. The van der Waals surface area contributed by atoms with Crippen molar-refractivity contribution in [3.63, 3.8) is 0 Å². The molecule has 0 aromatic heterocycles. The summed E-state index contributed by atoms with van der Waals surface area (Å²) in [6.07, 6.45) is 6.63. The summed E-state index contributed by atoms with van der Waals surface area (Å²) in [6, 6.07) is 7.12. The first-order valence-corrected chi connectivity index (χ1v) is 4.96. The Morgan fingerprint density at radius 2 is 2.19 bits per heavy atom. The first-order chi connectivity index (χ1) is 7.81. The molecule has 1 aromatic carbocycles. The van der Waals surface area contributed by atoms with Crippen LogP contribution in [0.3, 0.4) is 0 Å². The van der Waals surface area contributed by atoms with E-state index in [0.29, 0.717) is 30.1 Å². The number of hydrogen-bond donors (Lipinski definition) is 0. The molecule has 1 aromatic rings. The van der Waals surface area contributed by atoms with Crippen LogP contribution in [0, 0.1) is 23.7 Å². The maximum Gasteiger partial charge on any atom is 0.162 e. The van der Waals surface area contributed by atoms with Gasteiger partial charge in [-0.1, -0.05) is 0 Å². The first-order valence-electron chi connectivity index (χ1n) is 4.96. The molecule has 0 aliphatic rings. The van der Waals surface area contributed by atoms with Gasteiger partial charge in [0.2, 0.25) is 0 Å². The van der Waals surface area contributed by atoms with Crippen LogP contribution in [0.15, 0.2) is 18.2 Å². The van der Waals surface area contributed by atoms with Gasteiger partial charge in [0.25, 0.3) is 0 Å². The third kappa shape index (κ3) is 3.22. The van der Waals surface area contributed by atoms with Crippen LogP contribution in [0.25, 0.3) is 0 Å². The molecule has 0 saturated carbocycles. The minimum absolute atomic E-state index is 0.548. The van der Waals surface area contributed by atoms with Crippen molar-refractivity contribution in [2.45, 2.75) is 12.8 Å². The van der Waals surface area contributed by atoms with Crippen LogP contribution in [0.4, 0.5) is 0 Å². The average Bonchev–Trinajstić information content (AvgIpc) is 2.34. The maximum atomic E-state index is 8.73. The third-order valence-electron chi connectivity index (χ3n) is 2.02. The molecular weight excluding hydrogens is 202 g/mol. The Hall–Kier alpha value is -2.13. The van der Waals surface area contributed by atoms with E-state index in [1.807, 2.05) is 6.07 Å². The Balaban J connectivity index is 2.66. The summed E-state index contributed by atoms with van der Waals surface area (Å²) in [6.45, 7) is 0.548. The van der Waals surface area contributed by atoms with Gasteiger partial charge in [0.1, 0.15) is 0 Å². The van der Waals surface area contributed by atoms with Gasteiger partial charge >= 0.3 is 0 Å². The van der Waals surface area contributed by atoms with Crippen molar-refractivity contribution < 1.29 is 9.47 Å². The lowest BCUT2D eigenvalue weighted by atomic mass is 10.2. The number of nitrogens with zero attached hydrogens (tertiary/aromatic N) is 1. The van der Waals surface area contributed by atoms with Crippen molar-refractivity contribution >= 4 is 0 Å². The normalized spacial score (nSPS) is 8.94. The second-order valence-electron chi connectivity index (χ2n) is 3.13. The first kappa shape index (κ1) is 11.9. The lowest BCUT2D eigenvalue weighted by Crippen LogP contribution is -1.99. The van der Waals surface area contributed by atoms with Crippen molar-refractivity contribution in [2.75, 3.05) is 13.7 Å². The predicted molar refractivity (Wildman–Crippen MR) is 61.3 cm³/mol. The van der Waals surface area contributed by atoms with E-state index in [-0.39, 0.29) is 0 Å². The van der Waals surface area contributed by atoms with Crippen molar-refractivity contribution in [3.05, 3.63) is 23.8 Å². The molecule has 82 valence electrons. The lowest BCUT2D eigenvalue weighted by molar-refractivity contribution is 0.291. The summed E-state index contributed by atoms with van der Waals surface area (Å²) in [5.74, 6) is 3.75. The van der Waals surface area contributed by atoms with E-state index in [1.165, 1.54) is 0 Å². The SMILES string of the molecule is C#CCCCOc1ccc(C#N)cc1OC. The maximum absolute atomic E-state index is 8.73. The quantitative estimate of drug-likeness (QED) is 0.559. The molecular formula is C13H13NO2. The van der Waals surface area contributed by atoms with E-state index in [0.717, 1.165) is 6.42 Å². The van der Waals surface area contributed by atoms with Crippen LogP contribution < -0.4 is 9.47 Å². The number of nitriles is 1. The Bertz CT molecular complexity index is 427. The molecule has 3 nitrogen and oxygen atoms in total. The van der Waals surface area contributed by atoms with Gasteiger partial charge in [-0.15, -0.1) is 12.3 Å². The average molecular weight is 215 g/mol. The van der Waals surface area contributed by atoms with Crippen LogP contribution in [0.1, 0.15) is 18.4 Å². The molecule has 0 aliphatic carbocycles. The van der Waals surface area contributed by atoms with Crippen molar-refractivity contribution in [3.8, 4) is 29.9 Å². The minimum Gasteiger partial charge on any atom is -0.493 e. The standard InChI is InChI=1S/C13H13NO2/c1-3-4-5-8-16-12-7-6-11(10-14)9-13(12)15-2/h1,6-7,9H,4-5,8H2,2H3. The Morgan fingerprint density at radius 1 is 1.38 bits per heavy atom. The van der Waals surface area contributed by atoms with E-state index < -0.39 is 0 Å². The van der Waals surface area contributed by atoms with Gasteiger partial charge in [-0.3, -0.25) is 0 Å². The van der Waals surface area contributed by atoms with E-state index in [9.17, 15) is 0 Å². The molecule has 0 atom stereocenters. The summed E-state index contributed by atoms with van der Waals surface area (Å²) < 4.78 is 10.6. The van der Waals surface area contributed by atoms with Crippen LogP contribution in [0.2, 0.25) is 0 Å². The zero-order chi connectivity index (χ0) is 11.8. The molecule has 0 spiro atoms. The zero-order valence-electron chi connectivity index (χ0n) is 9.19. The predicted octanol–water partition coefficient (Wildman–Crippen LogP) is 2.36. The summed E-state index contributed by atoms with van der Waals surface area (Å²) in [4.78, 5) is 0. The highest BCUT2D eigenvalue weighted by Gasteiger charge is 2.04. The van der Waals surface area contributed by atoms with Gasteiger partial charge in [-0.05, 0) is 18.6 Å². The van der Waals surface area contributed by atoms with Crippen molar-refractivity contribution in [1.82, 2.24) is 0 Å². The third-order valence-corrected chi connectivity index (χ3v) is 2.02. The highest BCUT2D eigenvalue weighted by Crippen LogP contribution is 2.27. The number of unbranched alkanes of at least 4 members (excludes halogenated alkanes) is 1. The molecule has 0 unspecified atom stereocenters. The number of rotatable bonds is 5. The Morgan fingerprint density at radius 3 is 2.81 bits per heavy atom. The number of benzene rings is 1. The van der Waals surface area contributed by atoms with Gasteiger partial charge in [0, 0.05) is 12.5 Å². The fourth-order valence-corrected chi connectivity index (χ4v) is 1.21. The van der Waals surface area contributed by atoms with E-state index in [4.69, 9.17) is 21.2 Å². The number of ether oxygens (including phenoxy) is 2. The highest BCUT2D eigenvalue weighted by molar-refractivity contribution is 5.46. The molecule has 16 heavy (non-hydrogen) atoms. The van der Waals surface area contributed by atoms with Crippen molar-refractivity contribution in [1.29, 1.82) is 5.26 Å². The minimum atomic E-state index is 0.548.